The molecular weight excluding hydrogens is 280 g/mol. The third-order valence-corrected chi connectivity index (χ3v) is 6.82. The van der Waals surface area contributed by atoms with Crippen molar-refractivity contribution >= 4 is 21.2 Å². The highest BCUT2D eigenvalue weighted by molar-refractivity contribution is 7.91. The van der Waals surface area contributed by atoms with Crippen LogP contribution in [0.3, 0.4) is 0 Å². The lowest BCUT2D eigenvalue weighted by Gasteiger charge is -2.27. The molecule has 0 radical (unpaired) electrons. The zero-order valence-electron chi connectivity index (χ0n) is 11.2. The third-order valence-electron chi connectivity index (χ3n) is 4.03. The topological polar surface area (TPSA) is 59.1 Å². The highest BCUT2D eigenvalue weighted by atomic mass is 32.2. The molecule has 19 heavy (non-hydrogen) atoms. The summed E-state index contributed by atoms with van der Waals surface area (Å²) < 4.78 is 23.7. The van der Waals surface area contributed by atoms with Crippen molar-refractivity contribution in [3.8, 4) is 0 Å². The predicted molar refractivity (Wildman–Crippen MR) is 77.3 cm³/mol. The molecule has 2 aliphatic rings. The van der Waals surface area contributed by atoms with Crippen molar-refractivity contribution in [1.29, 1.82) is 0 Å². The van der Waals surface area contributed by atoms with Crippen LogP contribution in [0, 0.1) is 12.3 Å². The van der Waals surface area contributed by atoms with Gasteiger partial charge in [-0.3, -0.25) is 0 Å². The van der Waals surface area contributed by atoms with Crippen molar-refractivity contribution in [2.45, 2.75) is 38.6 Å². The molecule has 0 bridgehead atoms. The number of hydrogen-bond acceptors (Lipinski definition) is 5. The van der Waals surface area contributed by atoms with E-state index in [9.17, 15) is 8.42 Å². The fraction of sp³-hybridized carbons (Fsp3) is 0.769. The molecule has 1 aromatic rings. The number of nitrogens with one attached hydrogen (secondary N) is 1. The number of hydrogen-bond donors (Lipinski definition) is 1. The van der Waals surface area contributed by atoms with E-state index >= 15 is 0 Å². The highest BCUT2D eigenvalue weighted by Gasteiger charge is 2.43. The summed E-state index contributed by atoms with van der Waals surface area (Å²) in [6.07, 6.45) is 6.01. The van der Waals surface area contributed by atoms with E-state index in [1.54, 1.807) is 11.3 Å². The van der Waals surface area contributed by atoms with Crippen LogP contribution in [0.1, 0.15) is 29.1 Å². The van der Waals surface area contributed by atoms with Crippen LogP contribution in [0.15, 0.2) is 6.20 Å². The lowest BCUT2D eigenvalue weighted by Crippen LogP contribution is -2.38. The van der Waals surface area contributed by atoms with Crippen LogP contribution in [0.25, 0.3) is 0 Å². The summed E-state index contributed by atoms with van der Waals surface area (Å²) in [6, 6.07) is 0.628. The SMILES string of the molecule is Cc1ncc(CC2(CNC3CC3)CCS(=O)(=O)C2)s1. The maximum atomic E-state index is 11.9. The number of aryl methyl sites for hydroxylation is 1. The highest BCUT2D eigenvalue weighted by Crippen LogP contribution is 2.37. The first-order chi connectivity index (χ1) is 8.96. The van der Waals surface area contributed by atoms with Crippen molar-refractivity contribution in [3.63, 3.8) is 0 Å². The van der Waals surface area contributed by atoms with Gasteiger partial charge in [0.15, 0.2) is 9.84 Å². The molecule has 1 aromatic heterocycles. The summed E-state index contributed by atoms with van der Waals surface area (Å²) in [4.78, 5) is 5.50. The second kappa shape index (κ2) is 4.82. The smallest absolute Gasteiger partial charge is 0.150 e. The molecule has 0 spiro atoms. The molecule has 106 valence electrons. The normalized spacial score (nSPS) is 29.7. The second-order valence-corrected chi connectivity index (χ2v) is 9.52. The number of sulfone groups is 1. The first-order valence-electron chi connectivity index (χ1n) is 6.82. The summed E-state index contributed by atoms with van der Waals surface area (Å²) in [5, 5.41) is 4.58. The molecule has 1 unspecified atom stereocenters. The van der Waals surface area contributed by atoms with Gasteiger partial charge in [-0.25, -0.2) is 13.4 Å². The fourth-order valence-corrected chi connectivity index (χ4v) is 5.97. The van der Waals surface area contributed by atoms with Crippen molar-refractivity contribution < 1.29 is 8.42 Å². The molecule has 1 saturated carbocycles. The molecule has 0 aromatic carbocycles. The first kappa shape index (κ1) is 13.5. The number of thiazole rings is 1. The molecule has 2 fully saturated rings. The molecule has 1 saturated heterocycles. The summed E-state index contributed by atoms with van der Waals surface area (Å²) in [6.45, 7) is 2.82. The average Bonchev–Trinajstić information content (AvgIpc) is 3.01. The molecule has 1 aliphatic carbocycles. The number of rotatable bonds is 5. The molecule has 3 rings (SSSR count). The summed E-state index contributed by atoms with van der Waals surface area (Å²) >= 11 is 1.69. The van der Waals surface area contributed by atoms with E-state index in [2.05, 4.69) is 10.3 Å². The maximum Gasteiger partial charge on any atom is 0.150 e. The van der Waals surface area contributed by atoms with Gasteiger partial charge in [0.1, 0.15) is 0 Å². The van der Waals surface area contributed by atoms with Crippen LogP contribution >= 0.6 is 11.3 Å². The zero-order valence-corrected chi connectivity index (χ0v) is 12.8. The summed E-state index contributed by atoms with van der Waals surface area (Å²) in [5.74, 6) is 0.674. The van der Waals surface area contributed by atoms with E-state index in [0.717, 1.165) is 24.4 Å². The quantitative estimate of drug-likeness (QED) is 0.896. The molecule has 6 heteroatoms. The van der Waals surface area contributed by atoms with Gasteiger partial charge < -0.3 is 5.32 Å². The Labute approximate surface area is 118 Å². The van der Waals surface area contributed by atoms with Crippen molar-refractivity contribution in [2.24, 2.45) is 5.41 Å². The van der Waals surface area contributed by atoms with Crippen LogP contribution < -0.4 is 5.32 Å². The van der Waals surface area contributed by atoms with E-state index in [1.165, 1.54) is 17.7 Å². The van der Waals surface area contributed by atoms with Gasteiger partial charge >= 0.3 is 0 Å². The van der Waals surface area contributed by atoms with Gasteiger partial charge in [0, 0.05) is 29.1 Å². The predicted octanol–water partition coefficient (Wildman–Crippen LogP) is 1.55. The minimum absolute atomic E-state index is 0.111. The summed E-state index contributed by atoms with van der Waals surface area (Å²) in [7, 11) is -2.85. The van der Waals surface area contributed by atoms with Gasteiger partial charge in [-0.05, 0) is 32.6 Å². The maximum absolute atomic E-state index is 11.9. The van der Waals surface area contributed by atoms with E-state index in [0.29, 0.717) is 17.5 Å². The Morgan fingerprint density at radius 1 is 1.53 bits per heavy atom. The van der Waals surface area contributed by atoms with E-state index in [4.69, 9.17) is 0 Å². The average molecular weight is 300 g/mol. The Bertz CT molecular complexity index is 563. The molecule has 2 heterocycles. The fourth-order valence-electron chi connectivity index (χ4n) is 2.83. The standard InChI is InChI=1S/C13H20N2O2S2/c1-10-14-7-12(18-10)6-13(8-15-11-2-3-11)4-5-19(16,17)9-13/h7,11,15H,2-6,8-9H2,1H3. The van der Waals surface area contributed by atoms with Gasteiger partial charge in [-0.1, -0.05) is 0 Å². The lowest BCUT2D eigenvalue weighted by molar-refractivity contribution is 0.312. The van der Waals surface area contributed by atoms with Gasteiger partial charge in [-0.15, -0.1) is 11.3 Å². The van der Waals surface area contributed by atoms with Gasteiger partial charge in [-0.2, -0.15) is 0 Å². The Kier molecular flexibility index (Phi) is 3.43. The molecule has 1 N–H and O–H groups in total. The minimum atomic E-state index is -2.85. The Hall–Kier alpha value is -0.460. The Balaban J connectivity index is 1.75. The largest absolute Gasteiger partial charge is 0.313 e. The Morgan fingerprint density at radius 2 is 2.32 bits per heavy atom. The molecule has 0 amide bonds. The van der Waals surface area contributed by atoms with Crippen LogP contribution in [-0.4, -0.2) is 37.5 Å². The van der Waals surface area contributed by atoms with Crippen LogP contribution in [0.4, 0.5) is 0 Å². The third kappa shape index (κ3) is 3.35. The van der Waals surface area contributed by atoms with Gasteiger partial charge in [0.25, 0.3) is 0 Å². The van der Waals surface area contributed by atoms with Crippen molar-refractivity contribution in [3.05, 3.63) is 16.1 Å². The Morgan fingerprint density at radius 3 is 2.84 bits per heavy atom. The van der Waals surface area contributed by atoms with Gasteiger partial charge in [0.2, 0.25) is 0 Å². The van der Waals surface area contributed by atoms with Crippen LogP contribution in [0.2, 0.25) is 0 Å². The molecule has 1 atom stereocenters. The molecule has 1 aliphatic heterocycles. The van der Waals surface area contributed by atoms with E-state index in [1.807, 2.05) is 13.1 Å². The van der Waals surface area contributed by atoms with Crippen LogP contribution in [-0.2, 0) is 16.3 Å². The molecular formula is C13H20N2O2S2. The van der Waals surface area contributed by atoms with E-state index < -0.39 is 9.84 Å². The minimum Gasteiger partial charge on any atom is -0.313 e. The number of aromatic nitrogens is 1. The van der Waals surface area contributed by atoms with Gasteiger partial charge in [0.05, 0.1) is 16.5 Å². The zero-order chi connectivity index (χ0) is 13.5. The van der Waals surface area contributed by atoms with Crippen molar-refractivity contribution in [1.82, 2.24) is 10.3 Å². The monoisotopic (exact) mass is 300 g/mol. The summed E-state index contributed by atoms with van der Waals surface area (Å²) in [5.41, 5.74) is -0.111. The number of nitrogens with zero attached hydrogens (tertiary/aromatic N) is 1. The van der Waals surface area contributed by atoms with Crippen LogP contribution in [0.5, 0.6) is 0 Å². The lowest BCUT2D eigenvalue weighted by atomic mass is 9.83. The molecule has 4 nitrogen and oxygen atoms in total. The second-order valence-electron chi connectivity index (χ2n) is 6.02. The first-order valence-corrected chi connectivity index (χ1v) is 9.45. The van der Waals surface area contributed by atoms with Crippen molar-refractivity contribution in [2.75, 3.05) is 18.1 Å². The van der Waals surface area contributed by atoms with E-state index in [-0.39, 0.29) is 5.41 Å².